The van der Waals surface area contributed by atoms with Gasteiger partial charge < -0.3 is 23.8 Å². The van der Waals surface area contributed by atoms with Crippen LogP contribution in [0.1, 0.15) is 48.2 Å². The summed E-state index contributed by atoms with van der Waals surface area (Å²) in [6.45, 7) is 18.4. The van der Waals surface area contributed by atoms with Crippen molar-refractivity contribution in [2.24, 2.45) is 0 Å². The first-order valence-corrected chi connectivity index (χ1v) is 21.7. The number of aromatic nitrogens is 2. The third-order valence-corrected chi connectivity index (χ3v) is 14.1. The molecule has 8 nitrogen and oxygen atoms in total. The fourth-order valence-corrected chi connectivity index (χ4v) is 5.80. The van der Waals surface area contributed by atoms with E-state index in [4.69, 9.17) is 37.1 Å². The number of halogens is 3. The Labute approximate surface area is 271 Å². The van der Waals surface area contributed by atoms with Crippen LogP contribution in [-0.4, -0.2) is 38.5 Å². The Kier molecular flexibility index (Phi) is 11.8. The summed E-state index contributed by atoms with van der Waals surface area (Å²) in [6, 6.07) is 10.2. The van der Waals surface area contributed by atoms with Crippen LogP contribution in [-0.2, 0) is 29.0 Å². The van der Waals surface area contributed by atoms with E-state index in [1.54, 1.807) is 10.8 Å². The highest BCUT2D eigenvalue weighted by Gasteiger charge is 2.37. The lowest BCUT2D eigenvalue weighted by molar-refractivity contribution is 0.0782. The third-order valence-electron chi connectivity index (χ3n) is 7.43. The molecule has 0 saturated carbocycles. The van der Waals surface area contributed by atoms with Crippen molar-refractivity contribution in [3.63, 3.8) is 0 Å². The smallest absolute Gasteiger partial charge is 0.287 e. The summed E-state index contributed by atoms with van der Waals surface area (Å²) in [4.78, 5) is 17.9. The molecule has 0 aliphatic carbocycles. The van der Waals surface area contributed by atoms with Gasteiger partial charge in [-0.3, -0.25) is 4.79 Å². The number of carbonyl (C=O) groups is 1. The summed E-state index contributed by atoms with van der Waals surface area (Å²) in [5.74, 6) is -1.20. The largest absolute Gasteiger partial charge is 0.453 e. The molecule has 0 bridgehead atoms. The Hall–Kier alpha value is -2.73. The molecule has 0 spiro atoms. The number of carbonyl (C=O) groups excluding carboxylic acids is 1. The standard InChI is InChI=1S/C31H41Cl2FN4O4Si2/c1-31(2,3)44(7,8)41-19-24-18-38(20-40-11-12-43(4,5)6)29(37-24)30(39)36-17-22-9-10-26(33)28(27(22)34)42-25-14-21(16-35)13-23(32)15-25/h9-10,13-15,18H,11-12,17,19-20H2,1-8H3,(H,36,39). The first-order valence-electron chi connectivity index (χ1n) is 14.3. The summed E-state index contributed by atoms with van der Waals surface area (Å²) in [5.41, 5.74) is 1.01. The maximum absolute atomic E-state index is 15.5. The highest BCUT2D eigenvalue weighted by Crippen LogP contribution is 2.37. The number of ether oxygens (including phenoxy) is 2. The van der Waals surface area contributed by atoms with Crippen LogP contribution in [0, 0.1) is 17.1 Å². The zero-order chi connectivity index (χ0) is 32.9. The van der Waals surface area contributed by atoms with Crippen LogP contribution in [0.3, 0.4) is 0 Å². The van der Waals surface area contributed by atoms with Crippen LogP contribution < -0.4 is 10.1 Å². The van der Waals surface area contributed by atoms with Gasteiger partial charge in [0.15, 0.2) is 19.9 Å². The molecule has 0 saturated heterocycles. The predicted molar refractivity (Wildman–Crippen MR) is 177 cm³/mol. The van der Waals surface area contributed by atoms with E-state index in [1.807, 2.05) is 6.07 Å². The van der Waals surface area contributed by atoms with Gasteiger partial charge in [-0.05, 0) is 48.4 Å². The second-order valence-corrected chi connectivity index (χ2v) is 24.6. The molecule has 0 aliphatic heterocycles. The zero-order valence-corrected chi connectivity index (χ0v) is 30.1. The van der Waals surface area contributed by atoms with E-state index >= 15 is 4.39 Å². The monoisotopic (exact) mass is 678 g/mol. The van der Waals surface area contributed by atoms with Crippen molar-refractivity contribution in [2.45, 2.75) is 84.5 Å². The van der Waals surface area contributed by atoms with Gasteiger partial charge in [0.25, 0.3) is 5.91 Å². The van der Waals surface area contributed by atoms with E-state index < -0.39 is 28.1 Å². The van der Waals surface area contributed by atoms with E-state index in [9.17, 15) is 10.1 Å². The number of imidazole rings is 1. The first kappa shape index (κ1) is 35.7. The summed E-state index contributed by atoms with van der Waals surface area (Å²) in [5, 5.41) is 12.3. The second-order valence-electron chi connectivity index (χ2n) is 13.3. The summed E-state index contributed by atoms with van der Waals surface area (Å²) in [6.07, 6.45) is 1.77. The van der Waals surface area contributed by atoms with Crippen molar-refractivity contribution in [1.82, 2.24) is 14.9 Å². The Balaban J connectivity index is 1.79. The molecule has 1 heterocycles. The molecular weight excluding hydrogens is 638 g/mol. The molecule has 13 heteroatoms. The number of hydrogen-bond donors (Lipinski definition) is 1. The highest BCUT2D eigenvalue weighted by atomic mass is 35.5. The van der Waals surface area contributed by atoms with Crippen LogP contribution in [0.2, 0.25) is 53.9 Å². The average Bonchev–Trinajstić information content (AvgIpc) is 3.33. The van der Waals surface area contributed by atoms with E-state index in [2.05, 4.69) is 63.8 Å². The minimum absolute atomic E-state index is 0.0196. The van der Waals surface area contributed by atoms with Crippen LogP contribution in [0.15, 0.2) is 36.5 Å². The SMILES string of the molecule is CC(C)(C)[Si](C)(C)OCc1cn(COCC[Si](C)(C)C)c(C(=O)NCc2ccc(Cl)c(Oc3cc(Cl)cc(C#N)c3)c2F)n1. The second kappa shape index (κ2) is 14.6. The zero-order valence-electron chi connectivity index (χ0n) is 26.6. The number of nitrogens with zero attached hydrogens (tertiary/aromatic N) is 3. The van der Waals surface area contributed by atoms with Gasteiger partial charge in [-0.2, -0.15) is 5.26 Å². The molecule has 2 aromatic carbocycles. The van der Waals surface area contributed by atoms with Crippen LogP contribution in [0.25, 0.3) is 0 Å². The number of amides is 1. The minimum Gasteiger partial charge on any atom is -0.453 e. The third kappa shape index (κ3) is 9.89. The van der Waals surface area contributed by atoms with Crippen molar-refractivity contribution < 1.29 is 23.1 Å². The molecule has 0 atom stereocenters. The van der Waals surface area contributed by atoms with Crippen molar-refractivity contribution in [3.8, 4) is 17.6 Å². The number of rotatable bonds is 13. The fraction of sp³-hybridized carbons (Fsp3) is 0.452. The van der Waals surface area contributed by atoms with Crippen LogP contribution in [0.5, 0.6) is 11.5 Å². The van der Waals surface area contributed by atoms with Crippen molar-refractivity contribution in [2.75, 3.05) is 6.61 Å². The normalized spacial score (nSPS) is 12.2. The molecule has 3 rings (SSSR count). The lowest BCUT2D eigenvalue weighted by Gasteiger charge is -2.35. The highest BCUT2D eigenvalue weighted by molar-refractivity contribution is 6.76. The summed E-state index contributed by atoms with van der Waals surface area (Å²) in [7, 11) is -3.35. The van der Waals surface area contributed by atoms with Gasteiger partial charge in [0.05, 0.1) is 29.0 Å². The van der Waals surface area contributed by atoms with Crippen molar-refractivity contribution in [3.05, 3.63) is 75.0 Å². The Morgan fingerprint density at radius 2 is 1.84 bits per heavy atom. The van der Waals surface area contributed by atoms with Crippen LogP contribution in [0.4, 0.5) is 4.39 Å². The van der Waals surface area contributed by atoms with E-state index in [1.165, 1.54) is 30.3 Å². The maximum Gasteiger partial charge on any atom is 0.287 e. The number of nitrogens with one attached hydrogen (secondary N) is 1. The lowest BCUT2D eigenvalue weighted by Crippen LogP contribution is -2.40. The van der Waals surface area contributed by atoms with Crippen molar-refractivity contribution >= 4 is 45.5 Å². The Morgan fingerprint density at radius 1 is 1.14 bits per heavy atom. The molecule has 238 valence electrons. The van der Waals surface area contributed by atoms with Gasteiger partial charge >= 0.3 is 0 Å². The Bertz CT molecular complexity index is 1530. The maximum atomic E-state index is 15.5. The molecule has 1 N–H and O–H groups in total. The van der Waals surface area contributed by atoms with E-state index in [0.29, 0.717) is 12.3 Å². The number of benzene rings is 2. The summed E-state index contributed by atoms with van der Waals surface area (Å²) < 4.78 is 35.1. The molecule has 0 aliphatic rings. The average molecular weight is 680 g/mol. The Morgan fingerprint density at radius 3 is 2.48 bits per heavy atom. The molecule has 3 aromatic rings. The molecule has 1 aromatic heterocycles. The molecule has 1 amide bonds. The van der Waals surface area contributed by atoms with Crippen LogP contribution >= 0.6 is 23.2 Å². The van der Waals surface area contributed by atoms with Gasteiger partial charge in [0.2, 0.25) is 5.82 Å². The van der Waals surface area contributed by atoms with Gasteiger partial charge in [-0.25, -0.2) is 9.37 Å². The van der Waals surface area contributed by atoms with Crippen molar-refractivity contribution in [1.29, 1.82) is 5.26 Å². The molecule has 0 radical (unpaired) electrons. The van der Waals surface area contributed by atoms with Gasteiger partial charge in [0, 0.05) is 38.0 Å². The van der Waals surface area contributed by atoms with Gasteiger partial charge in [-0.1, -0.05) is 69.7 Å². The molecule has 44 heavy (non-hydrogen) atoms. The molecular formula is C31H41Cl2FN4O4Si2. The predicted octanol–water partition coefficient (Wildman–Crippen LogP) is 8.76. The lowest BCUT2D eigenvalue weighted by atomic mass is 10.2. The van der Waals surface area contributed by atoms with E-state index in [0.717, 1.165) is 6.04 Å². The van der Waals surface area contributed by atoms with E-state index in [-0.39, 0.29) is 63.4 Å². The number of hydrogen-bond acceptors (Lipinski definition) is 6. The van der Waals surface area contributed by atoms with Gasteiger partial charge in [0.1, 0.15) is 12.5 Å². The fourth-order valence-electron chi connectivity index (χ4n) is 3.69. The first-order chi connectivity index (χ1) is 20.4. The topological polar surface area (TPSA) is 98.4 Å². The molecule has 0 unspecified atom stereocenters. The molecule has 0 fully saturated rings. The number of nitriles is 1. The quantitative estimate of drug-likeness (QED) is 0.143. The minimum atomic E-state index is -2.05. The summed E-state index contributed by atoms with van der Waals surface area (Å²) >= 11 is 12.3. The van der Waals surface area contributed by atoms with Gasteiger partial charge in [-0.15, -0.1) is 0 Å².